The molecule has 1 fully saturated rings. The van der Waals surface area contributed by atoms with Gasteiger partial charge in [0.05, 0.1) is 6.10 Å². The number of hydrogen-bond donors (Lipinski definition) is 2. The second-order valence-electron chi connectivity index (χ2n) is 4.29. The molecular formula is C11H19NO3. The van der Waals surface area contributed by atoms with Crippen molar-refractivity contribution in [3.63, 3.8) is 0 Å². The van der Waals surface area contributed by atoms with E-state index < -0.39 is 5.97 Å². The second-order valence-corrected chi connectivity index (χ2v) is 4.29. The Bertz CT molecular complexity index is 263. The zero-order chi connectivity index (χ0) is 11.4. The Morgan fingerprint density at radius 1 is 1.60 bits per heavy atom. The summed E-state index contributed by atoms with van der Waals surface area (Å²) in [7, 11) is 0. The molecule has 4 heteroatoms. The number of rotatable bonds is 3. The maximum atomic E-state index is 10.6. The Labute approximate surface area is 90.2 Å². The molecule has 15 heavy (non-hydrogen) atoms. The molecule has 0 amide bonds. The van der Waals surface area contributed by atoms with Crippen LogP contribution in [0.15, 0.2) is 11.6 Å². The number of carboxylic acids is 1. The first-order valence-electron chi connectivity index (χ1n) is 5.31. The summed E-state index contributed by atoms with van der Waals surface area (Å²) in [6, 6.07) is 0. The van der Waals surface area contributed by atoms with E-state index in [0.717, 1.165) is 19.5 Å². The molecule has 1 aliphatic rings. The molecule has 0 bridgehead atoms. The van der Waals surface area contributed by atoms with Crippen LogP contribution in [0, 0.1) is 5.92 Å². The van der Waals surface area contributed by atoms with Crippen molar-refractivity contribution in [3.8, 4) is 0 Å². The van der Waals surface area contributed by atoms with Gasteiger partial charge in [0.2, 0.25) is 0 Å². The van der Waals surface area contributed by atoms with Crippen LogP contribution in [0.1, 0.15) is 20.3 Å². The van der Waals surface area contributed by atoms with Gasteiger partial charge in [0.15, 0.2) is 0 Å². The van der Waals surface area contributed by atoms with E-state index in [0.29, 0.717) is 12.1 Å². The van der Waals surface area contributed by atoms with Gasteiger partial charge in [0.25, 0.3) is 0 Å². The molecule has 2 atom stereocenters. The molecule has 0 aromatic rings. The molecule has 1 aliphatic heterocycles. The first kappa shape index (κ1) is 12.2. The van der Waals surface area contributed by atoms with E-state index in [4.69, 9.17) is 5.11 Å². The Kier molecular flexibility index (Phi) is 4.29. The van der Waals surface area contributed by atoms with E-state index >= 15 is 0 Å². The van der Waals surface area contributed by atoms with Crippen LogP contribution >= 0.6 is 0 Å². The van der Waals surface area contributed by atoms with E-state index in [9.17, 15) is 9.90 Å². The summed E-state index contributed by atoms with van der Waals surface area (Å²) in [6.45, 7) is 5.96. The molecule has 0 radical (unpaired) electrons. The quantitative estimate of drug-likeness (QED) is 0.678. The summed E-state index contributed by atoms with van der Waals surface area (Å²) in [6.07, 6.45) is 2.30. The van der Waals surface area contributed by atoms with Gasteiger partial charge < -0.3 is 10.2 Å². The lowest BCUT2D eigenvalue weighted by atomic mass is 9.97. The minimum absolute atomic E-state index is 0.203. The molecule has 2 N–H and O–H groups in total. The molecule has 0 aromatic heterocycles. The average Bonchev–Trinajstić information content (AvgIpc) is 2.19. The van der Waals surface area contributed by atoms with Crippen LogP contribution in [-0.2, 0) is 4.79 Å². The molecule has 0 aromatic carbocycles. The summed E-state index contributed by atoms with van der Waals surface area (Å²) in [4.78, 5) is 12.7. The van der Waals surface area contributed by atoms with E-state index in [1.54, 1.807) is 13.0 Å². The van der Waals surface area contributed by atoms with Gasteiger partial charge >= 0.3 is 5.97 Å². The van der Waals surface area contributed by atoms with Gasteiger partial charge in [-0.15, -0.1) is 0 Å². The average molecular weight is 213 g/mol. The summed E-state index contributed by atoms with van der Waals surface area (Å²) < 4.78 is 0. The summed E-state index contributed by atoms with van der Waals surface area (Å²) >= 11 is 0. The van der Waals surface area contributed by atoms with Crippen LogP contribution in [0.4, 0.5) is 0 Å². The summed E-state index contributed by atoms with van der Waals surface area (Å²) in [5.74, 6) is -0.586. The van der Waals surface area contributed by atoms with Gasteiger partial charge in [0.1, 0.15) is 0 Å². The highest BCUT2D eigenvalue weighted by atomic mass is 16.4. The molecule has 1 heterocycles. The Morgan fingerprint density at radius 3 is 2.80 bits per heavy atom. The largest absolute Gasteiger partial charge is 0.478 e. The smallest absolute Gasteiger partial charge is 0.330 e. The van der Waals surface area contributed by atoms with Crippen molar-refractivity contribution in [1.82, 2.24) is 4.90 Å². The van der Waals surface area contributed by atoms with Crippen LogP contribution in [-0.4, -0.2) is 46.8 Å². The zero-order valence-electron chi connectivity index (χ0n) is 9.31. The first-order valence-corrected chi connectivity index (χ1v) is 5.31. The van der Waals surface area contributed by atoms with Gasteiger partial charge in [-0.25, -0.2) is 4.79 Å². The topological polar surface area (TPSA) is 60.8 Å². The van der Waals surface area contributed by atoms with Crippen molar-refractivity contribution in [2.75, 3.05) is 19.6 Å². The van der Waals surface area contributed by atoms with Gasteiger partial charge in [0, 0.05) is 25.2 Å². The summed E-state index contributed by atoms with van der Waals surface area (Å²) in [5, 5.41) is 18.2. The number of aliphatic hydroxyl groups excluding tert-OH is 1. The number of nitrogens with zero attached hydrogens (tertiary/aromatic N) is 1. The third-order valence-corrected chi connectivity index (χ3v) is 2.94. The Hall–Kier alpha value is -0.870. The van der Waals surface area contributed by atoms with Gasteiger partial charge in [-0.05, 0) is 19.3 Å². The van der Waals surface area contributed by atoms with Gasteiger partial charge in [-0.3, -0.25) is 4.90 Å². The van der Waals surface area contributed by atoms with E-state index in [2.05, 4.69) is 4.90 Å². The molecular weight excluding hydrogens is 194 g/mol. The highest BCUT2D eigenvalue weighted by molar-refractivity contribution is 5.85. The molecule has 1 rings (SSSR count). The fraction of sp³-hybridized carbons (Fsp3) is 0.727. The lowest BCUT2D eigenvalue weighted by Gasteiger charge is -2.33. The maximum absolute atomic E-state index is 10.6. The fourth-order valence-electron chi connectivity index (χ4n) is 1.74. The van der Waals surface area contributed by atoms with Crippen LogP contribution < -0.4 is 0 Å². The van der Waals surface area contributed by atoms with Crippen LogP contribution in [0.3, 0.4) is 0 Å². The van der Waals surface area contributed by atoms with E-state index in [-0.39, 0.29) is 12.0 Å². The number of aliphatic hydroxyl groups is 1. The van der Waals surface area contributed by atoms with Crippen LogP contribution in [0.25, 0.3) is 0 Å². The first-order chi connectivity index (χ1) is 7.00. The van der Waals surface area contributed by atoms with Crippen molar-refractivity contribution < 1.29 is 15.0 Å². The molecule has 4 nitrogen and oxygen atoms in total. The van der Waals surface area contributed by atoms with Crippen molar-refractivity contribution in [3.05, 3.63) is 11.6 Å². The normalized spacial score (nSPS) is 29.1. The standard InChI is InChI=1S/C11H19NO3/c1-8(11(14)15)3-5-12-6-4-10(13)9(2)7-12/h3,9-10,13H,4-7H2,1-2H3,(H,14,15)/b8-3-. The molecule has 86 valence electrons. The number of piperidine rings is 1. The molecule has 0 saturated carbocycles. The second kappa shape index (κ2) is 5.28. The maximum Gasteiger partial charge on any atom is 0.330 e. The number of likely N-dealkylation sites (tertiary alicyclic amines) is 1. The zero-order valence-corrected chi connectivity index (χ0v) is 9.31. The number of carboxylic acid groups (broad SMARTS) is 1. The summed E-state index contributed by atoms with van der Waals surface area (Å²) in [5.41, 5.74) is 0.383. The van der Waals surface area contributed by atoms with Crippen LogP contribution in [0.2, 0.25) is 0 Å². The molecule has 1 saturated heterocycles. The predicted octanol–water partition coefficient (Wildman–Crippen LogP) is 0.720. The van der Waals surface area contributed by atoms with Crippen molar-refractivity contribution in [2.45, 2.75) is 26.4 Å². The lowest BCUT2D eigenvalue weighted by molar-refractivity contribution is -0.132. The van der Waals surface area contributed by atoms with Crippen molar-refractivity contribution in [2.24, 2.45) is 5.92 Å². The highest BCUT2D eigenvalue weighted by Crippen LogP contribution is 2.16. The van der Waals surface area contributed by atoms with E-state index in [1.165, 1.54) is 0 Å². The molecule has 2 unspecified atom stereocenters. The Balaban J connectivity index is 2.41. The molecule has 0 aliphatic carbocycles. The minimum Gasteiger partial charge on any atom is -0.478 e. The van der Waals surface area contributed by atoms with Crippen molar-refractivity contribution in [1.29, 1.82) is 0 Å². The van der Waals surface area contributed by atoms with Crippen molar-refractivity contribution >= 4 is 5.97 Å². The fourth-order valence-corrected chi connectivity index (χ4v) is 1.74. The third-order valence-electron chi connectivity index (χ3n) is 2.94. The Morgan fingerprint density at radius 2 is 2.27 bits per heavy atom. The number of carbonyl (C=O) groups is 1. The number of aliphatic carboxylic acids is 1. The van der Waals surface area contributed by atoms with Crippen LogP contribution in [0.5, 0.6) is 0 Å². The van der Waals surface area contributed by atoms with Gasteiger partial charge in [-0.1, -0.05) is 13.0 Å². The minimum atomic E-state index is -0.861. The third kappa shape index (κ3) is 3.64. The van der Waals surface area contributed by atoms with Gasteiger partial charge in [-0.2, -0.15) is 0 Å². The monoisotopic (exact) mass is 213 g/mol. The number of hydrogen-bond acceptors (Lipinski definition) is 3. The predicted molar refractivity (Wildman–Crippen MR) is 57.6 cm³/mol. The highest BCUT2D eigenvalue weighted by Gasteiger charge is 2.23. The lowest BCUT2D eigenvalue weighted by Crippen LogP contribution is -2.41. The van der Waals surface area contributed by atoms with E-state index in [1.807, 2.05) is 6.92 Å². The molecule has 0 spiro atoms. The SMILES string of the molecule is C/C(=C/CN1CCC(O)C(C)C1)C(=O)O.